The van der Waals surface area contributed by atoms with E-state index in [4.69, 9.17) is 23.2 Å². The van der Waals surface area contributed by atoms with Crippen LogP contribution in [0.25, 0.3) is 0 Å². The Balaban J connectivity index is 1.49. The molecule has 0 aliphatic carbocycles. The summed E-state index contributed by atoms with van der Waals surface area (Å²) in [7, 11) is -3.87. The summed E-state index contributed by atoms with van der Waals surface area (Å²) in [5.41, 5.74) is 2.66. The van der Waals surface area contributed by atoms with Crippen molar-refractivity contribution >= 4 is 56.4 Å². The second kappa shape index (κ2) is 9.75. The summed E-state index contributed by atoms with van der Waals surface area (Å²) in [6.07, 6.45) is 3.60. The van der Waals surface area contributed by atoms with Gasteiger partial charge in [0, 0.05) is 41.2 Å². The van der Waals surface area contributed by atoms with E-state index in [1.807, 2.05) is 13.0 Å². The second-order valence-corrected chi connectivity index (χ2v) is 10.5. The fraction of sp³-hybridized carbons (Fsp3) is 0.304. The number of hydrogen-bond acceptors (Lipinski definition) is 6. The van der Waals surface area contributed by atoms with Crippen molar-refractivity contribution in [3.8, 4) is 0 Å². The first-order valence-electron chi connectivity index (χ1n) is 10.7. The molecule has 1 aliphatic rings. The van der Waals surface area contributed by atoms with Crippen molar-refractivity contribution in [2.45, 2.75) is 38.0 Å². The van der Waals surface area contributed by atoms with Crippen molar-refractivity contribution in [1.82, 2.24) is 9.97 Å². The van der Waals surface area contributed by atoms with Gasteiger partial charge in [-0.05, 0) is 75.1 Å². The Morgan fingerprint density at radius 3 is 2.24 bits per heavy atom. The van der Waals surface area contributed by atoms with Crippen molar-refractivity contribution in [2.24, 2.45) is 0 Å². The second-order valence-electron chi connectivity index (χ2n) is 8.08. The number of benzene rings is 2. The highest BCUT2D eigenvalue weighted by Gasteiger charge is 2.20. The van der Waals surface area contributed by atoms with Crippen LogP contribution < -0.4 is 14.9 Å². The third-order valence-corrected chi connectivity index (χ3v) is 7.67. The minimum absolute atomic E-state index is 0.0216. The van der Waals surface area contributed by atoms with Crippen LogP contribution >= 0.6 is 23.2 Å². The predicted molar refractivity (Wildman–Crippen MR) is 135 cm³/mol. The van der Waals surface area contributed by atoms with Gasteiger partial charge in [-0.3, -0.25) is 4.72 Å². The van der Waals surface area contributed by atoms with Gasteiger partial charge in [-0.25, -0.2) is 13.4 Å². The van der Waals surface area contributed by atoms with Crippen LogP contribution in [0, 0.1) is 13.8 Å². The molecule has 2 heterocycles. The van der Waals surface area contributed by atoms with Crippen LogP contribution in [0.3, 0.4) is 0 Å². The molecular weight excluding hydrogens is 481 g/mol. The molecule has 0 bridgehead atoms. The quantitative estimate of drug-likeness (QED) is 0.431. The molecular formula is C23H25Cl2N5O2S. The van der Waals surface area contributed by atoms with Gasteiger partial charge in [0.05, 0.1) is 5.02 Å². The lowest BCUT2D eigenvalue weighted by Crippen LogP contribution is -2.30. The summed E-state index contributed by atoms with van der Waals surface area (Å²) >= 11 is 12.1. The molecule has 2 aromatic carbocycles. The molecule has 1 aromatic heterocycles. The number of anilines is 4. The third-order valence-electron chi connectivity index (χ3n) is 5.42. The van der Waals surface area contributed by atoms with Crippen LogP contribution in [-0.4, -0.2) is 31.5 Å². The summed E-state index contributed by atoms with van der Waals surface area (Å²) in [6, 6.07) is 11.7. The number of nitrogens with zero attached hydrogens (tertiary/aromatic N) is 3. The maximum atomic E-state index is 12.8. The highest BCUT2D eigenvalue weighted by Crippen LogP contribution is 2.30. The van der Waals surface area contributed by atoms with E-state index in [0.29, 0.717) is 22.2 Å². The Kier molecular flexibility index (Phi) is 6.97. The Morgan fingerprint density at radius 1 is 0.879 bits per heavy atom. The molecule has 4 rings (SSSR count). The number of piperidine rings is 1. The van der Waals surface area contributed by atoms with E-state index < -0.39 is 10.0 Å². The summed E-state index contributed by atoms with van der Waals surface area (Å²) in [5.74, 6) is 1.43. The smallest absolute Gasteiger partial charge is 0.263 e. The minimum Gasteiger partial charge on any atom is -0.356 e. The van der Waals surface area contributed by atoms with E-state index in [1.54, 1.807) is 31.2 Å². The van der Waals surface area contributed by atoms with Gasteiger partial charge < -0.3 is 10.2 Å². The maximum absolute atomic E-state index is 12.8. The molecule has 10 heteroatoms. The third kappa shape index (κ3) is 5.69. The Labute approximate surface area is 204 Å². The van der Waals surface area contributed by atoms with Gasteiger partial charge in [0.15, 0.2) is 0 Å². The lowest BCUT2D eigenvalue weighted by molar-refractivity contribution is 0.573. The van der Waals surface area contributed by atoms with Crippen molar-refractivity contribution in [3.05, 3.63) is 63.8 Å². The number of rotatable bonds is 6. The Morgan fingerprint density at radius 2 is 1.55 bits per heavy atom. The first-order valence-corrected chi connectivity index (χ1v) is 12.9. The van der Waals surface area contributed by atoms with Crippen molar-refractivity contribution in [3.63, 3.8) is 0 Å². The summed E-state index contributed by atoms with van der Waals surface area (Å²) in [6.45, 7) is 5.67. The molecule has 0 spiro atoms. The summed E-state index contributed by atoms with van der Waals surface area (Å²) in [5, 5.41) is 3.69. The molecule has 7 nitrogen and oxygen atoms in total. The molecule has 33 heavy (non-hydrogen) atoms. The van der Waals surface area contributed by atoms with Gasteiger partial charge in [0.1, 0.15) is 10.7 Å². The van der Waals surface area contributed by atoms with E-state index in [-0.39, 0.29) is 9.92 Å². The van der Waals surface area contributed by atoms with Crippen LogP contribution in [0.2, 0.25) is 10.0 Å². The van der Waals surface area contributed by atoms with Crippen LogP contribution in [0.5, 0.6) is 0 Å². The number of nitrogens with one attached hydrogen (secondary N) is 2. The molecule has 1 fully saturated rings. The van der Waals surface area contributed by atoms with Crippen LogP contribution in [0.4, 0.5) is 23.1 Å². The van der Waals surface area contributed by atoms with E-state index in [9.17, 15) is 8.42 Å². The zero-order chi connectivity index (χ0) is 23.6. The number of aromatic nitrogens is 2. The van der Waals surface area contributed by atoms with Gasteiger partial charge in [-0.1, -0.05) is 23.2 Å². The van der Waals surface area contributed by atoms with Crippen LogP contribution in [0.1, 0.15) is 30.5 Å². The van der Waals surface area contributed by atoms with Gasteiger partial charge in [0.2, 0.25) is 5.95 Å². The number of hydrogen-bond donors (Lipinski definition) is 2. The highest BCUT2D eigenvalue weighted by atomic mass is 35.5. The van der Waals surface area contributed by atoms with Crippen LogP contribution in [-0.2, 0) is 10.0 Å². The van der Waals surface area contributed by atoms with E-state index >= 15 is 0 Å². The molecule has 0 unspecified atom stereocenters. The number of aryl methyl sites for hydroxylation is 2. The maximum Gasteiger partial charge on any atom is 0.263 e. The minimum atomic E-state index is -3.87. The number of sulfonamides is 1. The molecule has 0 amide bonds. The van der Waals surface area contributed by atoms with Crippen molar-refractivity contribution < 1.29 is 8.42 Å². The molecule has 1 saturated heterocycles. The van der Waals surface area contributed by atoms with Gasteiger partial charge >= 0.3 is 0 Å². The van der Waals surface area contributed by atoms with Gasteiger partial charge in [-0.2, -0.15) is 4.98 Å². The molecule has 1 aliphatic heterocycles. The molecule has 0 saturated carbocycles. The average molecular weight is 506 g/mol. The fourth-order valence-electron chi connectivity index (χ4n) is 3.69. The van der Waals surface area contributed by atoms with E-state index in [1.165, 1.54) is 31.4 Å². The highest BCUT2D eigenvalue weighted by molar-refractivity contribution is 7.92. The lowest BCUT2D eigenvalue weighted by atomic mass is 10.1. The van der Waals surface area contributed by atoms with Gasteiger partial charge in [0.25, 0.3) is 10.0 Å². The predicted octanol–water partition coefficient (Wildman–Crippen LogP) is 5.93. The molecule has 174 valence electrons. The van der Waals surface area contributed by atoms with E-state index in [2.05, 4.69) is 24.9 Å². The summed E-state index contributed by atoms with van der Waals surface area (Å²) in [4.78, 5) is 11.4. The molecule has 3 aromatic rings. The first-order chi connectivity index (χ1) is 15.7. The zero-order valence-electron chi connectivity index (χ0n) is 18.4. The van der Waals surface area contributed by atoms with Crippen LogP contribution in [0.15, 0.2) is 47.4 Å². The standard InChI is InChI=1S/C23H25Cl2N5O2S/c1-15-12-21(20(25)14-19(15)24)33(31,32)29-18-8-6-17(7-9-18)27-23-26-16(2)13-22(28-23)30-10-4-3-5-11-30/h6-9,12-14,29H,3-5,10-11H2,1-2H3,(H,26,27,28). The lowest BCUT2D eigenvalue weighted by Gasteiger charge is -2.28. The average Bonchev–Trinajstić information content (AvgIpc) is 2.77. The summed E-state index contributed by atoms with van der Waals surface area (Å²) < 4.78 is 28.2. The largest absolute Gasteiger partial charge is 0.356 e. The molecule has 0 radical (unpaired) electrons. The molecule has 0 atom stereocenters. The monoisotopic (exact) mass is 505 g/mol. The zero-order valence-corrected chi connectivity index (χ0v) is 20.7. The normalized spacial score (nSPS) is 14.2. The van der Waals surface area contributed by atoms with Crippen molar-refractivity contribution in [2.75, 3.05) is 28.0 Å². The fourth-order valence-corrected chi connectivity index (χ4v) is 5.58. The van der Waals surface area contributed by atoms with E-state index in [0.717, 1.165) is 30.3 Å². The first kappa shape index (κ1) is 23.6. The Bertz CT molecular complexity index is 1260. The van der Waals surface area contributed by atoms with Crippen molar-refractivity contribution in [1.29, 1.82) is 0 Å². The number of halogens is 2. The topological polar surface area (TPSA) is 87.2 Å². The molecule has 2 N–H and O–H groups in total. The van der Waals surface area contributed by atoms with Gasteiger partial charge in [-0.15, -0.1) is 0 Å². The Hall–Kier alpha value is -2.55. The SMILES string of the molecule is Cc1cc(N2CCCCC2)nc(Nc2ccc(NS(=O)(=O)c3cc(C)c(Cl)cc3Cl)cc2)n1.